The monoisotopic (exact) mass is 410 g/mol. The highest BCUT2D eigenvalue weighted by molar-refractivity contribution is 6.34. The zero-order chi connectivity index (χ0) is 19.4. The van der Waals surface area contributed by atoms with Crippen LogP contribution in [-0.4, -0.2) is 38.2 Å². The van der Waals surface area contributed by atoms with Gasteiger partial charge in [-0.2, -0.15) is 0 Å². The van der Waals surface area contributed by atoms with E-state index in [9.17, 15) is 9.59 Å². The van der Waals surface area contributed by atoms with Crippen LogP contribution in [0.3, 0.4) is 0 Å². The normalized spacial score (nSPS) is 10.9. The van der Waals surface area contributed by atoms with Crippen molar-refractivity contribution in [2.75, 3.05) is 18.5 Å². The number of amides is 1. The number of nitrogens with one attached hydrogen (secondary N) is 1. The molecular weight excluding hydrogens is 395 g/mol. The first-order valence-corrected chi connectivity index (χ1v) is 8.80. The van der Waals surface area contributed by atoms with Crippen LogP contribution in [0.15, 0.2) is 41.5 Å². The first kappa shape index (κ1) is 19.2. The second-order valence-electron chi connectivity index (χ2n) is 5.62. The molecule has 10 heteroatoms. The second kappa shape index (κ2) is 8.43. The van der Waals surface area contributed by atoms with Crippen molar-refractivity contribution in [3.05, 3.63) is 57.2 Å². The van der Waals surface area contributed by atoms with Crippen molar-refractivity contribution in [2.24, 2.45) is 0 Å². The molecule has 142 valence electrons. The summed E-state index contributed by atoms with van der Waals surface area (Å²) < 4.78 is 8.27. The Kier molecular flexibility index (Phi) is 6.00. The largest absolute Gasteiger partial charge is 0.492 e. The second-order valence-corrected chi connectivity index (χ2v) is 6.46. The van der Waals surface area contributed by atoms with Crippen LogP contribution in [0.4, 0.5) is 5.82 Å². The summed E-state index contributed by atoms with van der Waals surface area (Å²) in [5.74, 6) is 0.110. The van der Waals surface area contributed by atoms with E-state index in [-0.39, 0.29) is 11.5 Å². The predicted octanol–water partition coefficient (Wildman–Crippen LogP) is 2.20. The Bertz CT molecular complexity index is 1030. The number of benzene rings is 1. The van der Waals surface area contributed by atoms with Gasteiger partial charge in [0.15, 0.2) is 0 Å². The maximum absolute atomic E-state index is 12.6. The molecule has 27 heavy (non-hydrogen) atoms. The summed E-state index contributed by atoms with van der Waals surface area (Å²) in [6.45, 7) is 0.000927. The summed E-state index contributed by atoms with van der Waals surface area (Å²) in [4.78, 5) is 28.2. The van der Waals surface area contributed by atoms with E-state index in [2.05, 4.69) is 10.3 Å². The number of hydrogen-bond acceptors (Lipinski definition) is 5. The summed E-state index contributed by atoms with van der Waals surface area (Å²) in [6, 6.07) is 8.09. The first-order chi connectivity index (χ1) is 13.0. The molecule has 2 heterocycles. The molecule has 0 saturated carbocycles. The van der Waals surface area contributed by atoms with Gasteiger partial charge in [-0.15, -0.1) is 0 Å². The lowest BCUT2D eigenvalue weighted by Crippen LogP contribution is -2.29. The highest BCUT2D eigenvalue weighted by atomic mass is 35.5. The molecule has 3 aromatic rings. The molecule has 1 amide bonds. The van der Waals surface area contributed by atoms with Crippen LogP contribution in [0, 0.1) is 0 Å². The lowest BCUT2D eigenvalue weighted by atomic mass is 10.3. The fourth-order valence-electron chi connectivity index (χ4n) is 2.47. The smallest absolute Gasteiger partial charge is 0.336 e. The molecule has 3 rings (SSSR count). The van der Waals surface area contributed by atoms with Gasteiger partial charge in [0.2, 0.25) is 0 Å². The minimum absolute atomic E-state index is 0.248. The van der Waals surface area contributed by atoms with Gasteiger partial charge in [-0.3, -0.25) is 9.36 Å². The van der Waals surface area contributed by atoms with Crippen molar-refractivity contribution in [1.29, 1.82) is 0 Å². The van der Waals surface area contributed by atoms with Crippen molar-refractivity contribution in [3.63, 3.8) is 0 Å². The molecule has 0 aliphatic carbocycles. The molecule has 0 radical (unpaired) electrons. The van der Waals surface area contributed by atoms with E-state index in [1.807, 2.05) is 0 Å². The number of rotatable bonds is 7. The van der Waals surface area contributed by atoms with Gasteiger partial charge >= 0.3 is 5.69 Å². The van der Waals surface area contributed by atoms with E-state index >= 15 is 0 Å². The van der Waals surface area contributed by atoms with E-state index in [1.165, 1.54) is 15.3 Å². The Morgan fingerprint density at radius 3 is 2.85 bits per heavy atom. The van der Waals surface area contributed by atoms with Crippen molar-refractivity contribution in [2.45, 2.75) is 13.0 Å². The molecule has 2 N–H and O–H groups in total. The number of ether oxygens (including phenoxy) is 1. The Balaban J connectivity index is 1.69. The van der Waals surface area contributed by atoms with Gasteiger partial charge in [-0.25, -0.2) is 14.2 Å². The number of aliphatic hydroxyl groups excluding tert-OH is 1. The minimum atomic E-state index is -0.676. The number of carbonyl (C=O) groups is 1. The molecule has 1 aromatic carbocycles. The highest BCUT2D eigenvalue weighted by Crippen LogP contribution is 2.27. The standard InChI is InChI=1S/C17H16Cl2N4O4/c18-11-2-3-12(19)13(8-11)27-7-1-6-22-10-20-14-4-5-15(21-16(25)9-24)23(14)17(22)26/h2-5,8,10,24H,1,6-7,9H2,(H,21,25). The lowest BCUT2D eigenvalue weighted by molar-refractivity contribution is -0.118. The van der Waals surface area contributed by atoms with Crippen LogP contribution in [0.2, 0.25) is 10.0 Å². The zero-order valence-corrected chi connectivity index (χ0v) is 15.6. The molecule has 0 saturated heterocycles. The number of hydrogen-bond donors (Lipinski definition) is 2. The summed E-state index contributed by atoms with van der Waals surface area (Å²) in [5.41, 5.74) is 0.0328. The van der Waals surface area contributed by atoms with Crippen LogP contribution in [-0.2, 0) is 11.3 Å². The van der Waals surface area contributed by atoms with Gasteiger partial charge in [-0.1, -0.05) is 23.2 Å². The number of aryl methyl sites for hydroxylation is 1. The van der Waals surface area contributed by atoms with Crippen molar-refractivity contribution in [3.8, 4) is 5.75 Å². The highest BCUT2D eigenvalue weighted by Gasteiger charge is 2.11. The van der Waals surface area contributed by atoms with Gasteiger partial charge in [0.25, 0.3) is 5.91 Å². The number of aliphatic hydroxyl groups is 1. The third-order valence-electron chi connectivity index (χ3n) is 3.73. The Morgan fingerprint density at radius 1 is 1.26 bits per heavy atom. The average Bonchev–Trinajstić information content (AvgIpc) is 3.06. The molecule has 0 fully saturated rings. The molecule has 8 nitrogen and oxygen atoms in total. The third kappa shape index (κ3) is 4.41. The molecule has 2 aromatic heterocycles. The molecular formula is C17H16Cl2N4O4. The maximum atomic E-state index is 12.6. The van der Waals surface area contributed by atoms with Gasteiger partial charge in [-0.05, 0) is 30.7 Å². The molecule has 0 unspecified atom stereocenters. The van der Waals surface area contributed by atoms with Gasteiger partial charge in [0.1, 0.15) is 30.1 Å². The summed E-state index contributed by atoms with van der Waals surface area (Å²) in [6.07, 6.45) is 1.96. The Hall–Kier alpha value is -2.55. The van der Waals surface area contributed by atoms with Gasteiger partial charge in [0, 0.05) is 17.6 Å². The van der Waals surface area contributed by atoms with Crippen LogP contribution >= 0.6 is 23.2 Å². The SMILES string of the molecule is O=C(CO)Nc1ccc2ncn(CCCOc3cc(Cl)ccc3Cl)c(=O)n12. The average molecular weight is 411 g/mol. The molecule has 0 spiro atoms. The van der Waals surface area contributed by atoms with Crippen molar-refractivity contribution < 1.29 is 14.6 Å². The lowest BCUT2D eigenvalue weighted by Gasteiger charge is -2.10. The van der Waals surface area contributed by atoms with Crippen molar-refractivity contribution >= 4 is 40.6 Å². The maximum Gasteiger partial charge on any atom is 0.336 e. The van der Waals surface area contributed by atoms with Crippen molar-refractivity contribution in [1.82, 2.24) is 14.0 Å². The number of anilines is 1. The number of nitrogens with zero attached hydrogens (tertiary/aromatic N) is 3. The van der Waals surface area contributed by atoms with Crippen LogP contribution in [0.5, 0.6) is 5.75 Å². The number of carbonyl (C=O) groups excluding carboxylic acids is 1. The molecule has 0 aliphatic rings. The predicted molar refractivity (Wildman–Crippen MR) is 102 cm³/mol. The summed E-state index contributed by atoms with van der Waals surface area (Å²) in [5, 5.41) is 12.3. The topological polar surface area (TPSA) is 97.9 Å². The van der Waals surface area contributed by atoms with E-state index in [0.717, 1.165) is 0 Å². The number of aromatic nitrogens is 3. The van der Waals surface area contributed by atoms with E-state index in [0.29, 0.717) is 41.0 Å². The number of fused-ring (bicyclic) bond motifs is 1. The van der Waals surface area contributed by atoms with Crippen LogP contribution < -0.4 is 15.7 Å². The summed E-state index contributed by atoms with van der Waals surface area (Å²) >= 11 is 11.9. The van der Waals surface area contributed by atoms with Crippen LogP contribution in [0.1, 0.15) is 6.42 Å². The minimum Gasteiger partial charge on any atom is -0.492 e. The third-order valence-corrected chi connectivity index (χ3v) is 4.28. The van der Waals surface area contributed by atoms with Crippen LogP contribution in [0.25, 0.3) is 5.65 Å². The van der Waals surface area contributed by atoms with Gasteiger partial charge < -0.3 is 15.2 Å². The fourth-order valence-corrected chi connectivity index (χ4v) is 2.81. The van der Waals surface area contributed by atoms with E-state index < -0.39 is 12.5 Å². The van der Waals surface area contributed by atoms with E-state index in [1.54, 1.807) is 30.3 Å². The molecule has 0 atom stereocenters. The first-order valence-electron chi connectivity index (χ1n) is 8.05. The van der Waals surface area contributed by atoms with Gasteiger partial charge in [0.05, 0.1) is 11.6 Å². The summed E-state index contributed by atoms with van der Waals surface area (Å²) in [7, 11) is 0. The quantitative estimate of drug-likeness (QED) is 0.581. The Labute approximate surface area is 163 Å². The number of halogens is 2. The fraction of sp³-hybridized carbons (Fsp3) is 0.235. The molecule has 0 bridgehead atoms. The Morgan fingerprint density at radius 2 is 2.07 bits per heavy atom. The zero-order valence-electron chi connectivity index (χ0n) is 14.1. The molecule has 0 aliphatic heterocycles. The van der Waals surface area contributed by atoms with E-state index in [4.69, 9.17) is 33.0 Å².